The molecule has 26 heavy (non-hydrogen) atoms. The summed E-state index contributed by atoms with van der Waals surface area (Å²) in [5, 5.41) is 2.87. The molecule has 1 N–H and O–H groups in total. The lowest BCUT2D eigenvalue weighted by atomic mass is 10.0. The molecule has 1 aliphatic heterocycles. The Hall–Kier alpha value is -2.44. The van der Waals surface area contributed by atoms with Crippen LogP contribution in [-0.2, 0) is 4.74 Å². The lowest BCUT2D eigenvalue weighted by Gasteiger charge is -2.34. The number of carbonyl (C=O) groups excluding carboxylic acids is 2. The first-order valence-corrected chi connectivity index (χ1v) is 9.19. The molecule has 0 unspecified atom stereocenters. The number of carbonyl (C=O) groups is 2. The first-order chi connectivity index (χ1) is 12.5. The van der Waals surface area contributed by atoms with E-state index in [1.165, 1.54) is 0 Å². The Bertz CT molecular complexity index is 598. The molecular formula is C19H29N3O4. The molecule has 0 aliphatic carbocycles. The summed E-state index contributed by atoms with van der Waals surface area (Å²) in [7, 11) is 0. The van der Waals surface area contributed by atoms with E-state index in [4.69, 9.17) is 9.47 Å². The van der Waals surface area contributed by atoms with Gasteiger partial charge in [0.1, 0.15) is 12.4 Å². The molecule has 1 heterocycles. The molecule has 144 valence electrons. The van der Waals surface area contributed by atoms with Crippen LogP contribution in [0.4, 0.5) is 9.59 Å². The van der Waals surface area contributed by atoms with Crippen molar-refractivity contribution in [1.82, 2.24) is 15.1 Å². The van der Waals surface area contributed by atoms with Crippen LogP contribution >= 0.6 is 0 Å². The highest BCUT2D eigenvalue weighted by atomic mass is 16.6. The van der Waals surface area contributed by atoms with Crippen molar-refractivity contribution >= 4 is 12.1 Å². The Kier molecular flexibility index (Phi) is 7.56. The highest BCUT2D eigenvalue weighted by molar-refractivity contribution is 5.75. The molecule has 2 rings (SSSR count). The van der Waals surface area contributed by atoms with E-state index in [0.717, 1.165) is 11.3 Å². The molecule has 1 aromatic rings. The van der Waals surface area contributed by atoms with Gasteiger partial charge in [-0.2, -0.15) is 0 Å². The largest absolute Gasteiger partial charge is 0.491 e. The molecule has 0 bridgehead atoms. The van der Waals surface area contributed by atoms with Gasteiger partial charge in [-0.15, -0.1) is 0 Å². The summed E-state index contributed by atoms with van der Waals surface area (Å²) in [4.78, 5) is 27.2. The molecule has 1 saturated heterocycles. The van der Waals surface area contributed by atoms with Crippen LogP contribution in [-0.4, -0.2) is 67.9 Å². The Morgan fingerprint density at radius 1 is 1.12 bits per heavy atom. The summed E-state index contributed by atoms with van der Waals surface area (Å²) in [6.45, 7) is 9.22. The van der Waals surface area contributed by atoms with E-state index < -0.39 is 0 Å². The van der Waals surface area contributed by atoms with Crippen molar-refractivity contribution in [2.75, 3.05) is 45.9 Å². The first-order valence-electron chi connectivity index (χ1n) is 9.19. The third kappa shape index (κ3) is 5.54. The number of piperazine rings is 1. The van der Waals surface area contributed by atoms with E-state index in [1.807, 2.05) is 18.2 Å². The second kappa shape index (κ2) is 9.89. The van der Waals surface area contributed by atoms with Gasteiger partial charge in [0, 0.05) is 26.2 Å². The summed E-state index contributed by atoms with van der Waals surface area (Å²) in [6.07, 6.45) is -0.315. The van der Waals surface area contributed by atoms with Crippen LogP contribution in [0, 0.1) is 0 Å². The van der Waals surface area contributed by atoms with E-state index >= 15 is 0 Å². The van der Waals surface area contributed by atoms with Crippen molar-refractivity contribution < 1.29 is 19.1 Å². The summed E-state index contributed by atoms with van der Waals surface area (Å²) in [6, 6.07) is 7.82. The van der Waals surface area contributed by atoms with Gasteiger partial charge in [-0.3, -0.25) is 0 Å². The van der Waals surface area contributed by atoms with Gasteiger partial charge in [0.15, 0.2) is 0 Å². The van der Waals surface area contributed by atoms with Crippen LogP contribution in [0.2, 0.25) is 0 Å². The minimum absolute atomic E-state index is 0.130. The van der Waals surface area contributed by atoms with Crippen LogP contribution in [0.5, 0.6) is 5.75 Å². The monoisotopic (exact) mass is 363 g/mol. The second-order valence-corrected chi connectivity index (χ2v) is 6.45. The van der Waals surface area contributed by atoms with Gasteiger partial charge in [0.2, 0.25) is 0 Å². The quantitative estimate of drug-likeness (QED) is 0.789. The number of hydrogen-bond acceptors (Lipinski definition) is 4. The Morgan fingerprint density at radius 3 is 2.42 bits per heavy atom. The van der Waals surface area contributed by atoms with Crippen LogP contribution < -0.4 is 10.1 Å². The Labute approximate surface area is 155 Å². The average Bonchev–Trinajstić information content (AvgIpc) is 2.65. The van der Waals surface area contributed by atoms with Gasteiger partial charge in [-0.05, 0) is 24.5 Å². The van der Waals surface area contributed by atoms with E-state index in [1.54, 1.807) is 16.7 Å². The SMILES string of the molecule is CCOC(=O)N1CCN(C(=O)NCCOc2ccccc2C(C)C)CC1. The summed E-state index contributed by atoms with van der Waals surface area (Å²) in [5.41, 5.74) is 1.16. The average molecular weight is 363 g/mol. The molecule has 0 atom stereocenters. The van der Waals surface area contributed by atoms with E-state index in [-0.39, 0.29) is 12.1 Å². The maximum absolute atomic E-state index is 12.2. The number of nitrogens with one attached hydrogen (secondary N) is 1. The van der Waals surface area contributed by atoms with Crippen LogP contribution in [0.25, 0.3) is 0 Å². The predicted octanol–water partition coefficient (Wildman–Crippen LogP) is 2.67. The minimum Gasteiger partial charge on any atom is -0.491 e. The lowest BCUT2D eigenvalue weighted by Crippen LogP contribution is -2.53. The molecule has 1 fully saturated rings. The van der Waals surface area contributed by atoms with E-state index in [2.05, 4.69) is 25.2 Å². The van der Waals surface area contributed by atoms with Crippen molar-refractivity contribution in [3.63, 3.8) is 0 Å². The molecule has 1 aliphatic rings. The highest BCUT2D eigenvalue weighted by Gasteiger charge is 2.24. The molecule has 0 aromatic heterocycles. The number of amides is 3. The summed E-state index contributed by atoms with van der Waals surface area (Å²) >= 11 is 0. The van der Waals surface area contributed by atoms with Crippen LogP contribution in [0.3, 0.4) is 0 Å². The zero-order chi connectivity index (χ0) is 18.9. The number of benzene rings is 1. The molecule has 0 saturated carbocycles. The van der Waals surface area contributed by atoms with E-state index in [9.17, 15) is 9.59 Å². The number of hydrogen-bond donors (Lipinski definition) is 1. The predicted molar refractivity (Wildman–Crippen MR) is 99.6 cm³/mol. The fourth-order valence-electron chi connectivity index (χ4n) is 2.83. The number of ether oxygens (including phenoxy) is 2. The van der Waals surface area contributed by atoms with Gasteiger partial charge in [-0.1, -0.05) is 32.0 Å². The smallest absolute Gasteiger partial charge is 0.409 e. The van der Waals surface area contributed by atoms with Crippen molar-refractivity contribution in [2.24, 2.45) is 0 Å². The number of para-hydroxylation sites is 1. The zero-order valence-electron chi connectivity index (χ0n) is 15.9. The van der Waals surface area contributed by atoms with Gasteiger partial charge >= 0.3 is 12.1 Å². The van der Waals surface area contributed by atoms with Crippen LogP contribution in [0.15, 0.2) is 24.3 Å². The first kappa shape index (κ1) is 19.9. The molecule has 7 nitrogen and oxygen atoms in total. The van der Waals surface area contributed by atoms with Gasteiger partial charge in [0.25, 0.3) is 0 Å². The second-order valence-electron chi connectivity index (χ2n) is 6.45. The summed E-state index contributed by atoms with van der Waals surface area (Å²) < 4.78 is 10.8. The van der Waals surface area contributed by atoms with Crippen molar-refractivity contribution in [3.8, 4) is 5.75 Å². The Morgan fingerprint density at radius 2 is 1.77 bits per heavy atom. The normalized spacial score (nSPS) is 14.3. The van der Waals surface area contributed by atoms with Crippen LogP contribution in [0.1, 0.15) is 32.3 Å². The Balaban J connectivity index is 1.69. The minimum atomic E-state index is -0.315. The zero-order valence-corrected chi connectivity index (χ0v) is 15.9. The van der Waals surface area contributed by atoms with Crippen molar-refractivity contribution in [3.05, 3.63) is 29.8 Å². The topological polar surface area (TPSA) is 71.1 Å². The maximum atomic E-state index is 12.2. The lowest BCUT2D eigenvalue weighted by molar-refractivity contribution is 0.0851. The fourth-order valence-corrected chi connectivity index (χ4v) is 2.83. The number of nitrogens with zero attached hydrogens (tertiary/aromatic N) is 2. The highest BCUT2D eigenvalue weighted by Crippen LogP contribution is 2.25. The number of urea groups is 1. The molecular weight excluding hydrogens is 334 g/mol. The molecule has 7 heteroatoms. The number of rotatable bonds is 6. The van der Waals surface area contributed by atoms with Gasteiger partial charge in [0.05, 0.1) is 13.2 Å². The summed E-state index contributed by atoms with van der Waals surface area (Å²) in [5.74, 6) is 1.25. The van der Waals surface area contributed by atoms with Crippen molar-refractivity contribution in [1.29, 1.82) is 0 Å². The third-order valence-electron chi connectivity index (χ3n) is 4.27. The van der Waals surface area contributed by atoms with E-state index in [0.29, 0.717) is 51.9 Å². The van der Waals surface area contributed by atoms with Crippen molar-refractivity contribution in [2.45, 2.75) is 26.7 Å². The van der Waals surface area contributed by atoms with Gasteiger partial charge < -0.3 is 24.6 Å². The van der Waals surface area contributed by atoms with Gasteiger partial charge in [-0.25, -0.2) is 9.59 Å². The fraction of sp³-hybridized carbons (Fsp3) is 0.579. The molecule has 0 radical (unpaired) electrons. The molecule has 1 aromatic carbocycles. The maximum Gasteiger partial charge on any atom is 0.409 e. The standard InChI is InChI=1S/C19H29N3O4/c1-4-25-19(24)22-12-10-21(11-13-22)18(23)20-9-14-26-17-8-6-5-7-16(17)15(2)3/h5-8,15H,4,9-14H2,1-3H3,(H,20,23). The molecule has 0 spiro atoms. The molecule has 3 amide bonds. The third-order valence-corrected chi connectivity index (χ3v) is 4.27.